The molecule has 0 fully saturated rings. The van der Waals surface area contributed by atoms with Gasteiger partial charge in [-0.3, -0.25) is 4.79 Å². The van der Waals surface area contributed by atoms with E-state index >= 15 is 0 Å². The van der Waals surface area contributed by atoms with Crippen molar-refractivity contribution in [2.24, 2.45) is 0 Å². The maximum atomic E-state index is 12.4. The Hall–Kier alpha value is -0.650. The van der Waals surface area contributed by atoms with Crippen molar-refractivity contribution in [1.29, 1.82) is 0 Å². The van der Waals surface area contributed by atoms with Crippen LogP contribution in [0, 0.1) is 0 Å². The molecule has 2 aromatic rings. The van der Waals surface area contributed by atoms with E-state index in [1.807, 2.05) is 48.2 Å². The summed E-state index contributed by atoms with van der Waals surface area (Å²) in [5.74, 6) is 0.0690. The smallest absolute Gasteiger partial charge is 0.254 e. The van der Waals surface area contributed by atoms with Crippen LogP contribution in [0.4, 0.5) is 0 Å². The predicted molar refractivity (Wildman–Crippen MR) is 86.6 cm³/mol. The molecule has 0 N–H and O–H groups in total. The first-order valence-electron chi connectivity index (χ1n) is 5.89. The van der Waals surface area contributed by atoms with Crippen LogP contribution in [0.1, 0.15) is 22.2 Å². The highest BCUT2D eigenvalue weighted by molar-refractivity contribution is 9.11. The lowest BCUT2D eigenvalue weighted by molar-refractivity contribution is 0.0754. The van der Waals surface area contributed by atoms with Crippen LogP contribution in [-0.4, -0.2) is 17.4 Å². The summed E-state index contributed by atoms with van der Waals surface area (Å²) in [4.78, 5) is 15.4. The van der Waals surface area contributed by atoms with Gasteiger partial charge >= 0.3 is 0 Å². The lowest BCUT2D eigenvalue weighted by Crippen LogP contribution is -2.29. The van der Waals surface area contributed by atoms with E-state index in [0.717, 1.165) is 13.8 Å². The van der Waals surface area contributed by atoms with Crippen LogP contribution >= 0.6 is 43.2 Å². The van der Waals surface area contributed by atoms with E-state index in [4.69, 9.17) is 0 Å². The lowest BCUT2D eigenvalue weighted by atomic mass is 10.2. The van der Waals surface area contributed by atoms with E-state index in [-0.39, 0.29) is 5.91 Å². The van der Waals surface area contributed by atoms with Gasteiger partial charge in [0.2, 0.25) is 0 Å². The van der Waals surface area contributed by atoms with Crippen LogP contribution in [0.3, 0.4) is 0 Å². The fraction of sp³-hybridized carbons (Fsp3) is 0.214. The van der Waals surface area contributed by atoms with Gasteiger partial charge in [-0.05, 0) is 59.3 Å². The van der Waals surface area contributed by atoms with Crippen molar-refractivity contribution in [3.05, 3.63) is 55.1 Å². The Morgan fingerprint density at radius 2 is 1.84 bits per heavy atom. The van der Waals surface area contributed by atoms with E-state index in [1.165, 1.54) is 4.88 Å². The maximum Gasteiger partial charge on any atom is 0.254 e. The summed E-state index contributed by atoms with van der Waals surface area (Å²) in [5.41, 5.74) is 0.723. The Morgan fingerprint density at radius 3 is 2.37 bits per heavy atom. The summed E-state index contributed by atoms with van der Waals surface area (Å²) in [6.07, 6.45) is 0. The maximum absolute atomic E-state index is 12.4. The van der Waals surface area contributed by atoms with Crippen molar-refractivity contribution in [3.8, 4) is 0 Å². The molecule has 0 aliphatic heterocycles. The molecule has 2 nitrogen and oxygen atoms in total. The monoisotopic (exact) mass is 401 g/mol. The van der Waals surface area contributed by atoms with Crippen molar-refractivity contribution < 1.29 is 4.79 Å². The highest BCUT2D eigenvalue weighted by Gasteiger charge is 2.15. The largest absolute Gasteiger partial charge is 0.334 e. The van der Waals surface area contributed by atoms with Crippen LogP contribution < -0.4 is 0 Å². The molecule has 100 valence electrons. The third-order valence-corrected chi connectivity index (χ3v) is 4.87. The van der Waals surface area contributed by atoms with E-state index in [0.29, 0.717) is 13.1 Å². The van der Waals surface area contributed by atoms with Gasteiger partial charge in [-0.15, -0.1) is 11.3 Å². The Balaban J connectivity index is 2.12. The average Bonchev–Trinajstić information content (AvgIpc) is 2.81. The molecule has 0 unspecified atom stereocenters. The van der Waals surface area contributed by atoms with Crippen LogP contribution in [0.5, 0.6) is 0 Å². The Bertz CT molecular complexity index is 565. The molecule has 0 bridgehead atoms. The normalized spacial score (nSPS) is 10.5. The average molecular weight is 403 g/mol. The highest BCUT2D eigenvalue weighted by atomic mass is 79.9. The van der Waals surface area contributed by atoms with Crippen LogP contribution in [0.2, 0.25) is 0 Å². The molecule has 1 aromatic carbocycles. The molecule has 1 aromatic heterocycles. The zero-order valence-corrected chi connectivity index (χ0v) is 14.4. The number of carbonyl (C=O) groups is 1. The van der Waals surface area contributed by atoms with Crippen molar-refractivity contribution in [3.63, 3.8) is 0 Å². The summed E-state index contributed by atoms with van der Waals surface area (Å²) in [7, 11) is 0. The van der Waals surface area contributed by atoms with Gasteiger partial charge in [-0.2, -0.15) is 0 Å². The Morgan fingerprint density at radius 1 is 1.16 bits per heavy atom. The Labute approximate surface area is 133 Å². The SMILES string of the molecule is CCN(Cc1ccc(Br)s1)C(=O)c1ccc(Br)cc1. The molecular weight excluding hydrogens is 390 g/mol. The topological polar surface area (TPSA) is 20.3 Å². The molecule has 0 radical (unpaired) electrons. The van der Waals surface area contributed by atoms with Crippen LogP contribution in [-0.2, 0) is 6.54 Å². The number of amides is 1. The van der Waals surface area contributed by atoms with E-state index in [1.54, 1.807) is 11.3 Å². The molecule has 19 heavy (non-hydrogen) atoms. The molecule has 0 aliphatic carbocycles. The first-order valence-corrected chi connectivity index (χ1v) is 8.29. The van der Waals surface area contributed by atoms with Gasteiger partial charge in [0.15, 0.2) is 0 Å². The molecule has 1 heterocycles. The Kier molecular flexibility index (Phi) is 5.19. The fourth-order valence-electron chi connectivity index (χ4n) is 1.73. The summed E-state index contributed by atoms with van der Waals surface area (Å²) >= 11 is 8.48. The molecule has 0 saturated heterocycles. The molecular formula is C14H13Br2NOS. The molecule has 0 saturated carbocycles. The third kappa shape index (κ3) is 3.91. The molecule has 0 atom stereocenters. The highest BCUT2D eigenvalue weighted by Crippen LogP contribution is 2.24. The lowest BCUT2D eigenvalue weighted by Gasteiger charge is -2.20. The predicted octanol–water partition coefficient (Wildman–Crippen LogP) is 4.94. The molecule has 2 rings (SSSR count). The second-order valence-electron chi connectivity index (χ2n) is 4.03. The minimum absolute atomic E-state index is 0.0690. The zero-order chi connectivity index (χ0) is 13.8. The number of hydrogen-bond acceptors (Lipinski definition) is 2. The molecule has 1 amide bonds. The third-order valence-electron chi connectivity index (χ3n) is 2.74. The van der Waals surface area contributed by atoms with Crippen LogP contribution in [0.25, 0.3) is 0 Å². The minimum Gasteiger partial charge on any atom is -0.334 e. The second-order valence-corrected chi connectivity index (χ2v) is 7.50. The summed E-state index contributed by atoms with van der Waals surface area (Å²) in [5, 5.41) is 0. The minimum atomic E-state index is 0.0690. The first-order chi connectivity index (χ1) is 9.10. The molecule has 5 heteroatoms. The quantitative estimate of drug-likeness (QED) is 0.709. The van der Waals surface area contributed by atoms with Gasteiger partial charge in [-0.1, -0.05) is 15.9 Å². The van der Waals surface area contributed by atoms with Crippen molar-refractivity contribution >= 4 is 49.1 Å². The van der Waals surface area contributed by atoms with Gasteiger partial charge in [0.25, 0.3) is 5.91 Å². The van der Waals surface area contributed by atoms with Crippen molar-refractivity contribution in [1.82, 2.24) is 4.90 Å². The van der Waals surface area contributed by atoms with Crippen LogP contribution in [0.15, 0.2) is 44.7 Å². The van der Waals surface area contributed by atoms with Crippen molar-refractivity contribution in [2.45, 2.75) is 13.5 Å². The van der Waals surface area contributed by atoms with E-state index in [9.17, 15) is 4.79 Å². The summed E-state index contributed by atoms with van der Waals surface area (Å²) < 4.78 is 2.07. The van der Waals surface area contributed by atoms with Gasteiger partial charge < -0.3 is 4.90 Å². The number of carbonyl (C=O) groups excluding carboxylic acids is 1. The van der Waals surface area contributed by atoms with Crippen molar-refractivity contribution in [2.75, 3.05) is 6.54 Å². The second kappa shape index (κ2) is 6.68. The summed E-state index contributed by atoms with van der Waals surface area (Å²) in [6.45, 7) is 3.35. The number of benzene rings is 1. The van der Waals surface area contributed by atoms with Gasteiger partial charge in [0.1, 0.15) is 0 Å². The molecule has 0 spiro atoms. The number of rotatable bonds is 4. The number of nitrogens with zero attached hydrogens (tertiary/aromatic N) is 1. The number of thiophene rings is 1. The summed E-state index contributed by atoms with van der Waals surface area (Å²) in [6, 6.07) is 11.5. The van der Waals surface area contributed by atoms with E-state index < -0.39 is 0 Å². The number of hydrogen-bond donors (Lipinski definition) is 0. The van der Waals surface area contributed by atoms with Gasteiger partial charge in [0.05, 0.1) is 10.3 Å². The van der Waals surface area contributed by atoms with Gasteiger partial charge in [-0.25, -0.2) is 0 Å². The molecule has 0 aliphatic rings. The van der Waals surface area contributed by atoms with E-state index in [2.05, 4.69) is 31.9 Å². The number of halogens is 2. The van der Waals surface area contributed by atoms with Gasteiger partial charge in [0, 0.05) is 21.5 Å². The standard InChI is InChI=1S/C14H13Br2NOS/c1-2-17(9-12-7-8-13(16)19-12)14(18)10-3-5-11(15)6-4-10/h3-8H,2,9H2,1H3. The fourth-order valence-corrected chi connectivity index (χ4v) is 3.49. The first kappa shape index (κ1) is 14.8. The zero-order valence-electron chi connectivity index (χ0n) is 10.4.